The average Bonchev–Trinajstić information content (AvgIpc) is 2.97. The van der Waals surface area contributed by atoms with Crippen LogP contribution in [0, 0.1) is 5.92 Å². The van der Waals surface area contributed by atoms with Crippen molar-refractivity contribution in [2.45, 2.75) is 27.3 Å². The molecule has 0 spiro atoms. The molecular formula is C15H27N5O. The lowest BCUT2D eigenvalue weighted by molar-refractivity contribution is 0.164. The smallest absolute Gasteiger partial charge is 0.194 e. The van der Waals surface area contributed by atoms with E-state index >= 15 is 0 Å². The summed E-state index contributed by atoms with van der Waals surface area (Å²) in [6.07, 6.45) is 1.59. The largest absolute Gasteiger partial charge is 0.364 e. The van der Waals surface area contributed by atoms with Gasteiger partial charge in [0, 0.05) is 45.3 Å². The maximum atomic E-state index is 4.84. The van der Waals surface area contributed by atoms with Gasteiger partial charge in [-0.25, -0.2) is 4.99 Å². The van der Waals surface area contributed by atoms with E-state index in [1.54, 1.807) is 6.26 Å². The Morgan fingerprint density at radius 2 is 2.14 bits per heavy atom. The second-order valence-corrected chi connectivity index (χ2v) is 5.84. The highest BCUT2D eigenvalue weighted by atomic mass is 16.5. The summed E-state index contributed by atoms with van der Waals surface area (Å²) in [6.45, 7) is 13.5. The Morgan fingerprint density at radius 1 is 1.38 bits per heavy atom. The van der Waals surface area contributed by atoms with E-state index in [-0.39, 0.29) is 0 Å². The second kappa shape index (κ2) is 8.02. The van der Waals surface area contributed by atoms with Crippen molar-refractivity contribution >= 4 is 5.96 Å². The maximum absolute atomic E-state index is 4.84. The average molecular weight is 293 g/mol. The number of nitrogens with zero attached hydrogens (tertiary/aromatic N) is 4. The van der Waals surface area contributed by atoms with Crippen molar-refractivity contribution in [2.75, 3.05) is 39.3 Å². The maximum Gasteiger partial charge on any atom is 0.194 e. The fraction of sp³-hybridized carbons (Fsp3) is 0.733. The summed E-state index contributed by atoms with van der Waals surface area (Å²) in [6, 6.07) is 1.85. The van der Waals surface area contributed by atoms with Gasteiger partial charge >= 0.3 is 0 Å². The fourth-order valence-corrected chi connectivity index (χ4v) is 2.56. The van der Waals surface area contributed by atoms with E-state index in [2.05, 4.69) is 46.0 Å². The predicted molar refractivity (Wildman–Crippen MR) is 84.2 cm³/mol. The van der Waals surface area contributed by atoms with Gasteiger partial charge in [0.1, 0.15) is 12.0 Å². The normalized spacial score (nSPS) is 17.5. The number of guanidine groups is 1. The van der Waals surface area contributed by atoms with Gasteiger partial charge in [0.2, 0.25) is 0 Å². The second-order valence-electron chi connectivity index (χ2n) is 5.84. The standard InChI is InChI=1S/C15H27N5O/c1-4-16-15(17-11-14-5-10-21-18-14)20-8-6-19(7-9-20)12-13(2)3/h5,10,13H,4,6-9,11-12H2,1-3H3,(H,16,17). The Balaban J connectivity index is 1.88. The molecule has 0 atom stereocenters. The van der Waals surface area contributed by atoms with E-state index in [0.717, 1.165) is 50.3 Å². The molecular weight excluding hydrogens is 266 g/mol. The van der Waals surface area contributed by atoms with Crippen LogP contribution in [-0.2, 0) is 6.54 Å². The van der Waals surface area contributed by atoms with Crippen LogP contribution in [0.2, 0.25) is 0 Å². The molecule has 0 aliphatic carbocycles. The topological polar surface area (TPSA) is 56.9 Å². The number of hydrogen-bond acceptors (Lipinski definition) is 4. The van der Waals surface area contributed by atoms with Crippen LogP contribution in [0.1, 0.15) is 26.5 Å². The molecule has 0 saturated carbocycles. The van der Waals surface area contributed by atoms with Crippen molar-refractivity contribution in [1.29, 1.82) is 0 Å². The molecule has 2 rings (SSSR count). The van der Waals surface area contributed by atoms with E-state index in [1.807, 2.05) is 6.07 Å². The molecule has 1 aliphatic heterocycles. The van der Waals surface area contributed by atoms with Gasteiger partial charge in [-0.2, -0.15) is 0 Å². The van der Waals surface area contributed by atoms with Gasteiger partial charge < -0.3 is 14.7 Å². The summed E-state index contributed by atoms with van der Waals surface area (Å²) in [4.78, 5) is 9.52. The predicted octanol–water partition coefficient (Wildman–Crippen LogP) is 1.41. The molecule has 1 aromatic heterocycles. The zero-order valence-electron chi connectivity index (χ0n) is 13.4. The molecule has 1 N–H and O–H groups in total. The van der Waals surface area contributed by atoms with Gasteiger partial charge in [-0.05, 0) is 12.8 Å². The van der Waals surface area contributed by atoms with Crippen LogP contribution in [0.15, 0.2) is 21.8 Å². The van der Waals surface area contributed by atoms with Crippen LogP contribution in [0.3, 0.4) is 0 Å². The Labute approximate surface area is 127 Å². The van der Waals surface area contributed by atoms with Gasteiger partial charge in [0.15, 0.2) is 5.96 Å². The Morgan fingerprint density at radius 3 is 2.71 bits per heavy atom. The highest BCUT2D eigenvalue weighted by molar-refractivity contribution is 5.80. The molecule has 1 aromatic rings. The number of aliphatic imine (C=N–C) groups is 1. The van der Waals surface area contributed by atoms with Crippen LogP contribution in [0.25, 0.3) is 0 Å². The van der Waals surface area contributed by atoms with Gasteiger partial charge in [-0.1, -0.05) is 19.0 Å². The molecule has 118 valence electrons. The highest BCUT2D eigenvalue weighted by Crippen LogP contribution is 2.06. The minimum absolute atomic E-state index is 0.561. The summed E-state index contributed by atoms with van der Waals surface area (Å²) in [5.74, 6) is 1.70. The third kappa shape index (κ3) is 5.04. The Bertz CT molecular complexity index is 421. The SMILES string of the molecule is CCNC(=NCc1ccon1)N1CCN(CC(C)C)CC1. The van der Waals surface area contributed by atoms with Crippen molar-refractivity contribution < 1.29 is 4.52 Å². The third-order valence-electron chi connectivity index (χ3n) is 3.51. The lowest BCUT2D eigenvalue weighted by Gasteiger charge is -2.37. The molecule has 0 aromatic carbocycles. The summed E-state index contributed by atoms with van der Waals surface area (Å²) >= 11 is 0. The third-order valence-corrected chi connectivity index (χ3v) is 3.51. The van der Waals surface area contributed by atoms with Crippen LogP contribution >= 0.6 is 0 Å². The lowest BCUT2D eigenvalue weighted by atomic mass is 10.2. The zero-order valence-corrected chi connectivity index (χ0v) is 13.4. The van der Waals surface area contributed by atoms with E-state index < -0.39 is 0 Å². The first-order chi connectivity index (χ1) is 10.2. The Kier molecular flexibility index (Phi) is 6.04. The van der Waals surface area contributed by atoms with Crippen molar-refractivity contribution in [1.82, 2.24) is 20.3 Å². The van der Waals surface area contributed by atoms with Crippen molar-refractivity contribution in [2.24, 2.45) is 10.9 Å². The number of nitrogens with one attached hydrogen (secondary N) is 1. The van der Waals surface area contributed by atoms with Gasteiger partial charge in [-0.15, -0.1) is 0 Å². The molecule has 1 saturated heterocycles. The minimum atomic E-state index is 0.561. The van der Waals surface area contributed by atoms with Gasteiger partial charge in [0.05, 0.1) is 6.54 Å². The molecule has 6 heteroatoms. The van der Waals surface area contributed by atoms with E-state index in [0.29, 0.717) is 6.54 Å². The summed E-state index contributed by atoms with van der Waals surface area (Å²) in [5, 5.41) is 7.27. The molecule has 0 bridgehead atoms. The fourth-order valence-electron chi connectivity index (χ4n) is 2.56. The number of piperazine rings is 1. The molecule has 1 aliphatic rings. The van der Waals surface area contributed by atoms with Crippen molar-refractivity contribution in [3.63, 3.8) is 0 Å². The molecule has 0 unspecified atom stereocenters. The van der Waals surface area contributed by atoms with Gasteiger partial charge in [0.25, 0.3) is 0 Å². The summed E-state index contributed by atoms with van der Waals surface area (Å²) < 4.78 is 4.84. The first-order valence-electron chi connectivity index (χ1n) is 7.84. The first kappa shape index (κ1) is 15.8. The Hall–Kier alpha value is -1.56. The van der Waals surface area contributed by atoms with Crippen LogP contribution in [0.5, 0.6) is 0 Å². The molecule has 2 heterocycles. The summed E-state index contributed by atoms with van der Waals surface area (Å²) in [5.41, 5.74) is 0.865. The van der Waals surface area contributed by atoms with Crippen LogP contribution in [-0.4, -0.2) is 60.2 Å². The minimum Gasteiger partial charge on any atom is -0.364 e. The first-order valence-corrected chi connectivity index (χ1v) is 7.84. The van der Waals surface area contributed by atoms with E-state index in [1.165, 1.54) is 6.54 Å². The molecule has 1 fully saturated rings. The zero-order chi connectivity index (χ0) is 15.1. The van der Waals surface area contributed by atoms with Crippen molar-refractivity contribution in [3.05, 3.63) is 18.0 Å². The van der Waals surface area contributed by atoms with Crippen LogP contribution < -0.4 is 5.32 Å². The summed E-state index contributed by atoms with van der Waals surface area (Å²) in [7, 11) is 0. The monoisotopic (exact) mass is 293 g/mol. The molecule has 0 amide bonds. The number of aromatic nitrogens is 1. The number of hydrogen-bond donors (Lipinski definition) is 1. The number of rotatable bonds is 5. The van der Waals surface area contributed by atoms with E-state index in [4.69, 9.17) is 4.52 Å². The quantitative estimate of drug-likeness (QED) is 0.657. The van der Waals surface area contributed by atoms with Crippen LogP contribution in [0.4, 0.5) is 0 Å². The van der Waals surface area contributed by atoms with Crippen molar-refractivity contribution in [3.8, 4) is 0 Å². The highest BCUT2D eigenvalue weighted by Gasteiger charge is 2.19. The van der Waals surface area contributed by atoms with E-state index in [9.17, 15) is 0 Å². The molecule has 21 heavy (non-hydrogen) atoms. The molecule has 0 radical (unpaired) electrons. The van der Waals surface area contributed by atoms with Gasteiger partial charge in [-0.3, -0.25) is 4.90 Å². The lowest BCUT2D eigenvalue weighted by Crippen LogP contribution is -2.53. The molecule has 6 nitrogen and oxygen atoms in total.